The summed E-state index contributed by atoms with van der Waals surface area (Å²) in [7, 11) is 0. The molecule has 0 aliphatic carbocycles. The van der Waals surface area contributed by atoms with E-state index in [2.05, 4.69) is 19.7 Å². The second-order valence-electron chi connectivity index (χ2n) is 3.24. The molecule has 0 aromatic heterocycles. The van der Waals surface area contributed by atoms with E-state index in [0.717, 1.165) is 5.56 Å². The molecule has 1 aromatic carbocycles. The molecule has 0 spiro atoms. The van der Waals surface area contributed by atoms with Crippen LogP contribution in [0.3, 0.4) is 0 Å². The highest BCUT2D eigenvalue weighted by Crippen LogP contribution is 2.15. The van der Waals surface area contributed by atoms with Gasteiger partial charge >= 0.3 is 5.97 Å². The molecule has 0 bridgehead atoms. The number of ether oxygens (including phenoxy) is 1. The number of carbonyl (C=O) groups is 1. The maximum atomic E-state index is 11.7. The summed E-state index contributed by atoms with van der Waals surface area (Å²) in [6, 6.07) is 9.22. The van der Waals surface area contributed by atoms with Crippen molar-refractivity contribution >= 4 is 11.7 Å². The predicted octanol–water partition coefficient (Wildman–Crippen LogP) is 3.50. The fourth-order valence-corrected chi connectivity index (χ4v) is 1.20. The molecular formula is C15H14O2. The van der Waals surface area contributed by atoms with Gasteiger partial charge in [0.2, 0.25) is 0 Å². The first-order chi connectivity index (χ1) is 8.19. The molecule has 0 amide bonds. The van der Waals surface area contributed by atoms with Gasteiger partial charge in [-0.25, -0.2) is 4.79 Å². The fourth-order valence-electron chi connectivity index (χ4n) is 1.20. The molecule has 2 nitrogen and oxygen atoms in total. The summed E-state index contributed by atoms with van der Waals surface area (Å²) in [5.74, 6) is -0.179. The normalized spacial score (nSPS) is 10.5. The van der Waals surface area contributed by atoms with Crippen LogP contribution in [0.25, 0.3) is 5.76 Å². The summed E-state index contributed by atoms with van der Waals surface area (Å²) >= 11 is 0. The number of hydrogen-bond acceptors (Lipinski definition) is 2. The highest BCUT2D eigenvalue weighted by molar-refractivity contribution is 5.94. The van der Waals surface area contributed by atoms with Crippen LogP contribution in [0.4, 0.5) is 0 Å². The number of allylic oxidation sites excluding steroid dienone is 2. The highest BCUT2D eigenvalue weighted by Gasteiger charge is 2.09. The van der Waals surface area contributed by atoms with Gasteiger partial charge < -0.3 is 4.74 Å². The average Bonchev–Trinajstić information content (AvgIpc) is 2.36. The first-order valence-corrected chi connectivity index (χ1v) is 5.10. The van der Waals surface area contributed by atoms with Crippen LogP contribution in [0.1, 0.15) is 5.56 Å². The first-order valence-electron chi connectivity index (χ1n) is 5.10. The zero-order valence-corrected chi connectivity index (χ0v) is 9.56. The van der Waals surface area contributed by atoms with Crippen molar-refractivity contribution in [2.45, 2.75) is 0 Å². The smallest absolute Gasteiger partial charge is 0.343 e. The summed E-state index contributed by atoms with van der Waals surface area (Å²) in [6.45, 7) is 10.8. The Morgan fingerprint density at radius 1 is 1.18 bits per heavy atom. The van der Waals surface area contributed by atoms with Gasteiger partial charge in [-0.15, -0.1) is 0 Å². The molecule has 0 radical (unpaired) electrons. The van der Waals surface area contributed by atoms with E-state index >= 15 is 0 Å². The zero-order chi connectivity index (χ0) is 12.7. The molecule has 1 rings (SSSR count). The molecular weight excluding hydrogens is 212 g/mol. The summed E-state index contributed by atoms with van der Waals surface area (Å²) in [4.78, 5) is 11.7. The summed E-state index contributed by atoms with van der Waals surface area (Å²) < 4.78 is 5.12. The Hall–Kier alpha value is -2.35. The van der Waals surface area contributed by atoms with Crippen LogP contribution in [0.2, 0.25) is 0 Å². The van der Waals surface area contributed by atoms with Gasteiger partial charge in [0.25, 0.3) is 0 Å². The molecule has 0 aliphatic heterocycles. The predicted molar refractivity (Wildman–Crippen MR) is 70.0 cm³/mol. The van der Waals surface area contributed by atoms with Crippen molar-refractivity contribution < 1.29 is 9.53 Å². The Kier molecular flexibility index (Phi) is 4.70. The van der Waals surface area contributed by atoms with Gasteiger partial charge in [0.1, 0.15) is 5.76 Å². The van der Waals surface area contributed by atoms with E-state index in [0.29, 0.717) is 11.3 Å². The number of benzene rings is 1. The lowest BCUT2D eigenvalue weighted by Crippen LogP contribution is -2.05. The van der Waals surface area contributed by atoms with Gasteiger partial charge in [-0.1, -0.05) is 62.2 Å². The van der Waals surface area contributed by atoms with Gasteiger partial charge in [0.15, 0.2) is 0 Å². The van der Waals surface area contributed by atoms with Crippen LogP contribution in [-0.4, -0.2) is 5.97 Å². The van der Waals surface area contributed by atoms with E-state index < -0.39 is 5.97 Å². The van der Waals surface area contributed by atoms with E-state index in [-0.39, 0.29) is 0 Å². The van der Waals surface area contributed by atoms with Crippen LogP contribution in [0.5, 0.6) is 0 Å². The largest absolute Gasteiger partial charge is 0.423 e. The SMILES string of the molecule is C=C/C=C(\C=C)C(=O)OC(=C)c1ccccc1. The number of hydrogen-bond donors (Lipinski definition) is 0. The second-order valence-corrected chi connectivity index (χ2v) is 3.24. The van der Waals surface area contributed by atoms with Crippen molar-refractivity contribution in [3.63, 3.8) is 0 Å². The van der Waals surface area contributed by atoms with Crippen molar-refractivity contribution in [3.8, 4) is 0 Å². The van der Waals surface area contributed by atoms with Gasteiger partial charge in [-0.2, -0.15) is 0 Å². The van der Waals surface area contributed by atoms with E-state index in [1.807, 2.05) is 30.3 Å². The molecule has 17 heavy (non-hydrogen) atoms. The topological polar surface area (TPSA) is 26.3 Å². The number of carbonyl (C=O) groups excluding carboxylic acids is 1. The third kappa shape index (κ3) is 3.61. The zero-order valence-electron chi connectivity index (χ0n) is 9.56. The molecule has 0 unspecified atom stereocenters. The minimum absolute atomic E-state index is 0.312. The lowest BCUT2D eigenvalue weighted by atomic mass is 10.2. The van der Waals surface area contributed by atoms with Crippen LogP contribution < -0.4 is 0 Å². The van der Waals surface area contributed by atoms with E-state index in [1.165, 1.54) is 18.2 Å². The molecule has 86 valence electrons. The average molecular weight is 226 g/mol. The third-order valence-electron chi connectivity index (χ3n) is 2.06. The van der Waals surface area contributed by atoms with Gasteiger partial charge in [-0.05, 0) is 6.08 Å². The number of esters is 1. The number of rotatable bonds is 5. The van der Waals surface area contributed by atoms with Crippen LogP contribution in [0, 0.1) is 0 Å². The second kappa shape index (κ2) is 6.28. The Bertz CT molecular complexity index is 467. The molecule has 0 fully saturated rings. The lowest BCUT2D eigenvalue weighted by Gasteiger charge is -2.07. The maximum Gasteiger partial charge on any atom is 0.343 e. The Balaban J connectivity index is 2.76. The quantitative estimate of drug-likeness (QED) is 0.332. The van der Waals surface area contributed by atoms with Crippen molar-refractivity contribution in [1.82, 2.24) is 0 Å². The summed E-state index contributed by atoms with van der Waals surface area (Å²) in [5.41, 5.74) is 1.11. The molecule has 2 heteroatoms. The summed E-state index contributed by atoms with van der Waals surface area (Å²) in [5, 5.41) is 0. The first kappa shape index (κ1) is 12.7. The van der Waals surface area contributed by atoms with Crippen LogP contribution in [-0.2, 0) is 9.53 Å². The minimum Gasteiger partial charge on any atom is -0.423 e. The Labute approximate surface area is 101 Å². The molecule has 0 heterocycles. The minimum atomic E-state index is -0.492. The fraction of sp³-hybridized carbons (Fsp3) is 0. The lowest BCUT2D eigenvalue weighted by molar-refractivity contribution is -0.131. The van der Waals surface area contributed by atoms with E-state index in [4.69, 9.17) is 4.74 Å². The standard InChI is InChI=1S/C15H14O2/c1-4-9-13(5-2)15(16)17-12(3)14-10-7-6-8-11-14/h4-11H,1-3H2/b13-9+. The third-order valence-corrected chi connectivity index (χ3v) is 2.06. The van der Waals surface area contributed by atoms with Crippen LogP contribution >= 0.6 is 0 Å². The molecule has 1 aromatic rings. The van der Waals surface area contributed by atoms with E-state index in [9.17, 15) is 4.79 Å². The van der Waals surface area contributed by atoms with E-state index in [1.54, 1.807) is 0 Å². The molecule has 0 N–H and O–H groups in total. The highest BCUT2D eigenvalue weighted by atomic mass is 16.5. The van der Waals surface area contributed by atoms with Crippen molar-refractivity contribution in [2.24, 2.45) is 0 Å². The molecule has 0 saturated carbocycles. The summed E-state index contributed by atoms with van der Waals surface area (Å²) in [6.07, 6.45) is 4.46. The maximum absolute atomic E-state index is 11.7. The monoisotopic (exact) mass is 226 g/mol. The molecule has 0 saturated heterocycles. The Morgan fingerprint density at radius 2 is 1.82 bits per heavy atom. The Morgan fingerprint density at radius 3 is 2.35 bits per heavy atom. The van der Waals surface area contributed by atoms with Crippen molar-refractivity contribution in [2.75, 3.05) is 0 Å². The van der Waals surface area contributed by atoms with Crippen LogP contribution in [0.15, 0.2) is 73.9 Å². The van der Waals surface area contributed by atoms with Gasteiger partial charge in [-0.3, -0.25) is 0 Å². The molecule has 0 atom stereocenters. The van der Waals surface area contributed by atoms with Gasteiger partial charge in [0.05, 0.1) is 5.57 Å². The van der Waals surface area contributed by atoms with Crippen molar-refractivity contribution in [3.05, 3.63) is 79.4 Å². The molecule has 0 aliphatic rings. The van der Waals surface area contributed by atoms with Crippen molar-refractivity contribution in [1.29, 1.82) is 0 Å². The van der Waals surface area contributed by atoms with Gasteiger partial charge in [0, 0.05) is 5.56 Å².